The minimum atomic E-state index is -0.323. The lowest BCUT2D eigenvalue weighted by molar-refractivity contribution is -0.126. The first-order chi connectivity index (χ1) is 12.0. The van der Waals surface area contributed by atoms with Gasteiger partial charge in [0.1, 0.15) is 5.75 Å². The van der Waals surface area contributed by atoms with E-state index in [1.807, 2.05) is 54.9 Å². The van der Waals surface area contributed by atoms with Crippen molar-refractivity contribution in [2.45, 2.75) is 19.9 Å². The first-order valence-electron chi connectivity index (χ1n) is 8.33. The Hall–Kier alpha value is -2.76. The number of carbonyl (C=O) groups excluding carboxylic acids is 2. The fourth-order valence-corrected chi connectivity index (χ4v) is 3.06. The molecule has 0 aliphatic carbocycles. The molecule has 1 saturated heterocycles. The molecule has 1 N–H and O–H groups in total. The number of amides is 2. The summed E-state index contributed by atoms with van der Waals surface area (Å²) in [5.74, 6) is 0.307. The summed E-state index contributed by atoms with van der Waals surface area (Å²) in [6.45, 7) is 2.90. The van der Waals surface area contributed by atoms with Crippen molar-refractivity contribution in [1.82, 2.24) is 9.88 Å². The van der Waals surface area contributed by atoms with Crippen LogP contribution in [0, 0.1) is 12.8 Å². The van der Waals surface area contributed by atoms with Crippen LogP contribution in [0.25, 0.3) is 0 Å². The second kappa shape index (κ2) is 7.01. The van der Waals surface area contributed by atoms with Crippen LogP contribution in [-0.2, 0) is 23.2 Å². The molecule has 2 aromatic rings. The number of ether oxygens (including phenoxy) is 1. The van der Waals surface area contributed by atoms with Crippen LogP contribution in [-0.4, -0.2) is 30.0 Å². The lowest BCUT2D eigenvalue weighted by atomic mass is 10.1. The second-order valence-corrected chi connectivity index (χ2v) is 6.35. The van der Waals surface area contributed by atoms with Gasteiger partial charge in [-0.05, 0) is 43.3 Å². The third-order valence-corrected chi connectivity index (χ3v) is 4.80. The van der Waals surface area contributed by atoms with Crippen LogP contribution < -0.4 is 15.0 Å². The maximum absolute atomic E-state index is 12.4. The van der Waals surface area contributed by atoms with E-state index in [0.717, 1.165) is 22.8 Å². The maximum Gasteiger partial charge on any atom is 0.227 e. The number of benzene rings is 1. The number of methoxy groups -OCH3 is 1. The molecule has 0 unspecified atom stereocenters. The summed E-state index contributed by atoms with van der Waals surface area (Å²) in [6.07, 6.45) is 0.240. The Morgan fingerprint density at radius 3 is 2.56 bits per heavy atom. The van der Waals surface area contributed by atoms with Gasteiger partial charge in [-0.1, -0.05) is 0 Å². The Bertz CT molecular complexity index is 780. The molecule has 1 aromatic carbocycles. The van der Waals surface area contributed by atoms with E-state index in [-0.39, 0.29) is 24.2 Å². The van der Waals surface area contributed by atoms with Crippen LogP contribution in [0.1, 0.15) is 17.8 Å². The number of aromatic nitrogens is 1. The molecule has 132 valence electrons. The largest absolute Gasteiger partial charge is 0.497 e. The van der Waals surface area contributed by atoms with Gasteiger partial charge in [0.05, 0.1) is 19.6 Å². The SMILES string of the molecule is COc1ccc(N2C[C@@H](C(=O)NCc3ccc(C)n3C)CC2=O)cc1. The van der Waals surface area contributed by atoms with Crippen molar-refractivity contribution < 1.29 is 14.3 Å². The minimum absolute atomic E-state index is 0.0278. The zero-order valence-electron chi connectivity index (χ0n) is 14.8. The van der Waals surface area contributed by atoms with Crippen molar-refractivity contribution >= 4 is 17.5 Å². The van der Waals surface area contributed by atoms with E-state index < -0.39 is 0 Å². The molecule has 1 aromatic heterocycles. The third kappa shape index (κ3) is 3.52. The van der Waals surface area contributed by atoms with Crippen molar-refractivity contribution in [3.63, 3.8) is 0 Å². The monoisotopic (exact) mass is 341 g/mol. The lowest BCUT2D eigenvalue weighted by Gasteiger charge is -2.17. The number of hydrogen-bond acceptors (Lipinski definition) is 3. The van der Waals surface area contributed by atoms with E-state index >= 15 is 0 Å². The van der Waals surface area contributed by atoms with Gasteiger partial charge in [0.25, 0.3) is 0 Å². The fourth-order valence-electron chi connectivity index (χ4n) is 3.06. The number of hydrogen-bond donors (Lipinski definition) is 1. The number of nitrogens with zero attached hydrogens (tertiary/aromatic N) is 2. The van der Waals surface area contributed by atoms with Gasteiger partial charge in [-0.15, -0.1) is 0 Å². The van der Waals surface area contributed by atoms with E-state index in [9.17, 15) is 9.59 Å². The summed E-state index contributed by atoms with van der Waals surface area (Å²) in [5, 5.41) is 2.95. The smallest absolute Gasteiger partial charge is 0.227 e. The molecule has 0 saturated carbocycles. The van der Waals surface area contributed by atoms with E-state index in [4.69, 9.17) is 4.74 Å². The average molecular weight is 341 g/mol. The quantitative estimate of drug-likeness (QED) is 0.905. The maximum atomic E-state index is 12.4. The summed E-state index contributed by atoms with van der Waals surface area (Å²) in [4.78, 5) is 26.4. The van der Waals surface area contributed by atoms with Crippen molar-refractivity contribution in [3.05, 3.63) is 47.8 Å². The standard InChI is InChI=1S/C19H23N3O3/c1-13-4-5-16(21(13)2)11-20-19(24)14-10-18(23)22(12-14)15-6-8-17(25-3)9-7-15/h4-9,14H,10-12H2,1-3H3,(H,20,24)/t14-/m0/s1. The van der Waals surface area contributed by atoms with Crippen LogP contribution in [0.15, 0.2) is 36.4 Å². The molecule has 2 amide bonds. The Morgan fingerprint density at radius 2 is 1.96 bits per heavy atom. The average Bonchev–Trinajstić information content (AvgIpc) is 3.16. The first kappa shape index (κ1) is 17.1. The molecule has 1 aliphatic heterocycles. The van der Waals surface area contributed by atoms with Gasteiger partial charge >= 0.3 is 0 Å². The molecule has 1 fully saturated rings. The summed E-state index contributed by atoms with van der Waals surface area (Å²) >= 11 is 0. The first-order valence-corrected chi connectivity index (χ1v) is 8.33. The molecular formula is C19H23N3O3. The lowest BCUT2D eigenvalue weighted by Crippen LogP contribution is -2.33. The van der Waals surface area contributed by atoms with Gasteiger partial charge in [0.15, 0.2) is 0 Å². The van der Waals surface area contributed by atoms with Crippen LogP contribution in [0.5, 0.6) is 5.75 Å². The summed E-state index contributed by atoms with van der Waals surface area (Å²) < 4.78 is 7.18. The molecular weight excluding hydrogens is 318 g/mol. The molecule has 2 heterocycles. The van der Waals surface area contributed by atoms with E-state index in [1.165, 1.54) is 0 Å². The topological polar surface area (TPSA) is 63.6 Å². The number of rotatable bonds is 5. The van der Waals surface area contributed by atoms with Gasteiger partial charge in [0, 0.05) is 37.1 Å². The van der Waals surface area contributed by atoms with Crippen molar-refractivity contribution in [2.75, 3.05) is 18.6 Å². The molecule has 0 radical (unpaired) electrons. The minimum Gasteiger partial charge on any atom is -0.497 e. The molecule has 6 heteroatoms. The zero-order chi connectivity index (χ0) is 18.0. The van der Waals surface area contributed by atoms with Crippen LogP contribution >= 0.6 is 0 Å². The number of anilines is 1. The highest BCUT2D eigenvalue weighted by Crippen LogP contribution is 2.27. The highest BCUT2D eigenvalue weighted by Gasteiger charge is 2.35. The van der Waals surface area contributed by atoms with Gasteiger partial charge in [-0.3, -0.25) is 9.59 Å². The van der Waals surface area contributed by atoms with E-state index in [2.05, 4.69) is 5.32 Å². The molecule has 6 nitrogen and oxygen atoms in total. The molecule has 25 heavy (non-hydrogen) atoms. The Morgan fingerprint density at radius 1 is 1.24 bits per heavy atom. The third-order valence-electron chi connectivity index (χ3n) is 4.80. The normalized spacial score (nSPS) is 17.0. The number of nitrogens with one attached hydrogen (secondary N) is 1. The Kier molecular flexibility index (Phi) is 4.79. The van der Waals surface area contributed by atoms with Crippen molar-refractivity contribution in [3.8, 4) is 5.75 Å². The highest BCUT2D eigenvalue weighted by atomic mass is 16.5. The summed E-state index contributed by atoms with van der Waals surface area (Å²) in [7, 11) is 3.58. The predicted octanol–water partition coefficient (Wildman–Crippen LogP) is 2.01. The van der Waals surface area contributed by atoms with E-state index in [1.54, 1.807) is 12.0 Å². The molecule has 0 spiro atoms. The van der Waals surface area contributed by atoms with Gasteiger partial charge in [-0.25, -0.2) is 0 Å². The van der Waals surface area contributed by atoms with Gasteiger partial charge in [0.2, 0.25) is 11.8 Å². The summed E-state index contributed by atoms with van der Waals surface area (Å²) in [6, 6.07) is 11.3. The zero-order valence-corrected chi connectivity index (χ0v) is 14.8. The van der Waals surface area contributed by atoms with Gasteiger partial charge in [-0.2, -0.15) is 0 Å². The van der Waals surface area contributed by atoms with Crippen molar-refractivity contribution in [1.29, 1.82) is 0 Å². The molecule has 3 rings (SSSR count). The highest BCUT2D eigenvalue weighted by molar-refractivity contribution is 6.00. The number of aryl methyl sites for hydroxylation is 1. The summed E-state index contributed by atoms with van der Waals surface area (Å²) in [5.41, 5.74) is 2.98. The Balaban J connectivity index is 1.61. The molecule has 1 atom stereocenters. The fraction of sp³-hybridized carbons (Fsp3) is 0.368. The Labute approximate surface area is 147 Å². The van der Waals surface area contributed by atoms with E-state index in [0.29, 0.717) is 13.1 Å². The van der Waals surface area contributed by atoms with Crippen LogP contribution in [0.3, 0.4) is 0 Å². The van der Waals surface area contributed by atoms with Crippen LogP contribution in [0.2, 0.25) is 0 Å². The molecule has 0 bridgehead atoms. The predicted molar refractivity (Wildman–Crippen MR) is 95.5 cm³/mol. The van der Waals surface area contributed by atoms with Crippen molar-refractivity contribution in [2.24, 2.45) is 13.0 Å². The van der Waals surface area contributed by atoms with Crippen LogP contribution in [0.4, 0.5) is 5.69 Å². The van der Waals surface area contributed by atoms with Gasteiger partial charge < -0.3 is 19.5 Å². The molecule has 1 aliphatic rings. The number of carbonyl (C=O) groups is 2. The second-order valence-electron chi connectivity index (χ2n) is 6.35.